The molecular weight excluding hydrogens is 443 g/mol. The van der Waals surface area contributed by atoms with E-state index in [9.17, 15) is 13.6 Å². The third-order valence-electron chi connectivity index (χ3n) is 4.98. The first kappa shape index (κ1) is 23.1. The number of pyridine rings is 1. The van der Waals surface area contributed by atoms with E-state index >= 15 is 0 Å². The zero-order valence-corrected chi connectivity index (χ0v) is 18.1. The Morgan fingerprint density at radius 1 is 1.00 bits per heavy atom. The summed E-state index contributed by atoms with van der Waals surface area (Å²) in [5, 5.41) is 3.42. The van der Waals surface area contributed by atoms with Crippen LogP contribution in [0.2, 0.25) is 5.02 Å². The van der Waals surface area contributed by atoms with E-state index in [-0.39, 0.29) is 18.3 Å². The van der Waals surface area contributed by atoms with Gasteiger partial charge in [0.05, 0.1) is 5.56 Å². The number of nitrogens with zero attached hydrogens (tertiary/aromatic N) is 2. The molecule has 1 fully saturated rings. The molecule has 1 heterocycles. The standard InChI is InChI=1S/C23H20ClF2N3O.ClH/c24-18-2-4-19(5-3-18)28-23(30)17-9-16(11-27-12-17)14-29(20-6-7-20)13-15-1-8-21(25)22(26)10-15;/h1-5,8-12,20H,6-7,13-14H2,(H,28,30);1H. The number of aromatic nitrogens is 1. The highest BCUT2D eigenvalue weighted by atomic mass is 35.5. The van der Waals surface area contributed by atoms with E-state index in [1.807, 2.05) is 0 Å². The Bertz CT molecular complexity index is 1060. The molecule has 1 aliphatic carbocycles. The maximum absolute atomic E-state index is 13.6. The molecule has 1 saturated carbocycles. The fraction of sp³-hybridized carbons (Fsp3) is 0.217. The van der Waals surface area contributed by atoms with Gasteiger partial charge >= 0.3 is 0 Å². The van der Waals surface area contributed by atoms with Gasteiger partial charge in [0.1, 0.15) is 0 Å². The summed E-state index contributed by atoms with van der Waals surface area (Å²) in [6.45, 7) is 1.07. The molecule has 0 bridgehead atoms. The molecule has 1 N–H and O–H groups in total. The molecule has 4 nitrogen and oxygen atoms in total. The van der Waals surface area contributed by atoms with Crippen LogP contribution in [0, 0.1) is 11.6 Å². The smallest absolute Gasteiger partial charge is 0.257 e. The van der Waals surface area contributed by atoms with Crippen LogP contribution in [0.15, 0.2) is 60.9 Å². The summed E-state index contributed by atoms with van der Waals surface area (Å²) in [6.07, 6.45) is 5.37. The van der Waals surface area contributed by atoms with Crippen molar-refractivity contribution in [2.75, 3.05) is 5.32 Å². The van der Waals surface area contributed by atoms with Crippen molar-refractivity contribution < 1.29 is 13.6 Å². The molecule has 0 radical (unpaired) electrons. The molecule has 0 unspecified atom stereocenters. The van der Waals surface area contributed by atoms with E-state index in [4.69, 9.17) is 11.6 Å². The third kappa shape index (κ3) is 6.23. The average molecular weight is 464 g/mol. The van der Waals surface area contributed by atoms with Gasteiger partial charge in [-0.2, -0.15) is 0 Å². The molecule has 0 atom stereocenters. The number of nitrogens with one attached hydrogen (secondary N) is 1. The first-order chi connectivity index (χ1) is 14.5. The molecule has 1 aliphatic rings. The van der Waals surface area contributed by atoms with Crippen LogP contribution in [0.4, 0.5) is 14.5 Å². The van der Waals surface area contributed by atoms with E-state index in [1.165, 1.54) is 12.3 Å². The summed E-state index contributed by atoms with van der Waals surface area (Å²) >= 11 is 5.87. The maximum Gasteiger partial charge on any atom is 0.257 e. The molecule has 4 rings (SSSR count). The number of hydrogen-bond donors (Lipinski definition) is 1. The van der Waals surface area contributed by atoms with Gasteiger partial charge in [-0.3, -0.25) is 14.7 Å². The van der Waals surface area contributed by atoms with Gasteiger partial charge < -0.3 is 5.32 Å². The zero-order chi connectivity index (χ0) is 21.1. The number of halogens is 4. The van der Waals surface area contributed by atoms with Crippen LogP contribution >= 0.6 is 24.0 Å². The number of benzene rings is 2. The first-order valence-corrected chi connectivity index (χ1v) is 10.0. The highest BCUT2D eigenvalue weighted by Gasteiger charge is 2.29. The molecule has 8 heteroatoms. The first-order valence-electron chi connectivity index (χ1n) is 9.67. The van der Waals surface area contributed by atoms with Gasteiger partial charge in [-0.05, 0) is 66.4 Å². The molecule has 3 aromatic rings. The number of amides is 1. The van der Waals surface area contributed by atoms with Gasteiger partial charge in [-0.1, -0.05) is 17.7 Å². The normalized spacial score (nSPS) is 13.0. The second kappa shape index (κ2) is 10.2. The SMILES string of the molecule is Cl.O=C(Nc1ccc(Cl)cc1)c1cncc(CN(Cc2ccc(F)c(F)c2)C2CC2)c1. The molecule has 2 aromatic carbocycles. The fourth-order valence-corrected chi connectivity index (χ4v) is 3.42. The number of carbonyl (C=O) groups is 1. The van der Waals surface area contributed by atoms with Crippen molar-refractivity contribution in [1.29, 1.82) is 0 Å². The minimum Gasteiger partial charge on any atom is -0.322 e. The lowest BCUT2D eigenvalue weighted by Crippen LogP contribution is -2.25. The predicted molar refractivity (Wildman–Crippen MR) is 120 cm³/mol. The second-order valence-electron chi connectivity index (χ2n) is 7.43. The third-order valence-corrected chi connectivity index (χ3v) is 5.23. The zero-order valence-electron chi connectivity index (χ0n) is 16.5. The molecule has 162 valence electrons. The van der Waals surface area contributed by atoms with Gasteiger partial charge in [0.15, 0.2) is 11.6 Å². The van der Waals surface area contributed by atoms with Crippen LogP contribution in [0.5, 0.6) is 0 Å². The Labute approximate surface area is 190 Å². The summed E-state index contributed by atoms with van der Waals surface area (Å²) in [5.41, 5.74) is 2.69. The summed E-state index contributed by atoms with van der Waals surface area (Å²) in [4.78, 5) is 19.0. The molecule has 1 aromatic heterocycles. The minimum absolute atomic E-state index is 0. The summed E-state index contributed by atoms with van der Waals surface area (Å²) in [7, 11) is 0. The summed E-state index contributed by atoms with van der Waals surface area (Å²) in [5.74, 6) is -1.95. The van der Waals surface area contributed by atoms with E-state index in [0.717, 1.165) is 24.5 Å². The van der Waals surface area contributed by atoms with Crippen LogP contribution in [-0.4, -0.2) is 21.8 Å². The number of hydrogen-bond acceptors (Lipinski definition) is 3. The van der Waals surface area contributed by atoms with Crippen LogP contribution < -0.4 is 5.32 Å². The molecule has 1 amide bonds. The molecule has 31 heavy (non-hydrogen) atoms. The van der Waals surface area contributed by atoms with Crippen molar-refractivity contribution in [2.24, 2.45) is 0 Å². The van der Waals surface area contributed by atoms with E-state index in [1.54, 1.807) is 42.6 Å². The number of anilines is 1. The van der Waals surface area contributed by atoms with Crippen molar-refractivity contribution in [3.8, 4) is 0 Å². The van der Waals surface area contributed by atoms with Crippen molar-refractivity contribution in [3.05, 3.63) is 94.3 Å². The Morgan fingerprint density at radius 3 is 2.39 bits per heavy atom. The second-order valence-corrected chi connectivity index (χ2v) is 7.86. The topological polar surface area (TPSA) is 45.2 Å². The van der Waals surface area contributed by atoms with E-state index < -0.39 is 11.6 Å². The van der Waals surface area contributed by atoms with E-state index in [0.29, 0.717) is 41.0 Å². The Kier molecular flexibility index (Phi) is 7.59. The van der Waals surface area contributed by atoms with Crippen molar-refractivity contribution in [1.82, 2.24) is 9.88 Å². The van der Waals surface area contributed by atoms with Crippen LogP contribution in [0.25, 0.3) is 0 Å². The number of carbonyl (C=O) groups excluding carboxylic acids is 1. The molecular formula is C23H21Cl2F2N3O. The minimum atomic E-state index is -0.847. The van der Waals surface area contributed by atoms with Crippen molar-refractivity contribution >= 4 is 35.6 Å². The Hall–Kier alpha value is -2.54. The maximum atomic E-state index is 13.6. The van der Waals surface area contributed by atoms with Gasteiger partial charge in [-0.25, -0.2) is 8.78 Å². The van der Waals surface area contributed by atoms with Crippen LogP contribution in [-0.2, 0) is 13.1 Å². The highest BCUT2D eigenvalue weighted by molar-refractivity contribution is 6.30. The lowest BCUT2D eigenvalue weighted by molar-refractivity contribution is 0.102. The van der Waals surface area contributed by atoms with Gasteiger partial charge in [0.25, 0.3) is 5.91 Å². The largest absolute Gasteiger partial charge is 0.322 e. The monoisotopic (exact) mass is 463 g/mol. The van der Waals surface area contributed by atoms with Gasteiger partial charge in [-0.15, -0.1) is 12.4 Å². The van der Waals surface area contributed by atoms with E-state index in [2.05, 4.69) is 15.2 Å². The Morgan fingerprint density at radius 2 is 1.71 bits per heavy atom. The highest BCUT2D eigenvalue weighted by Crippen LogP contribution is 2.30. The number of rotatable bonds is 7. The quantitative estimate of drug-likeness (QED) is 0.477. The van der Waals surface area contributed by atoms with Crippen LogP contribution in [0.1, 0.15) is 34.3 Å². The predicted octanol–water partition coefficient (Wildman–Crippen LogP) is 5.85. The molecule has 0 aliphatic heterocycles. The summed E-state index contributed by atoms with van der Waals surface area (Å²) in [6, 6.07) is 13.1. The lowest BCUT2D eigenvalue weighted by atomic mass is 10.1. The van der Waals surface area contributed by atoms with Crippen molar-refractivity contribution in [2.45, 2.75) is 32.0 Å². The van der Waals surface area contributed by atoms with Gasteiger partial charge in [0, 0.05) is 42.2 Å². The molecule has 0 saturated heterocycles. The lowest BCUT2D eigenvalue weighted by Gasteiger charge is -2.22. The molecule has 0 spiro atoms. The Balaban J connectivity index is 0.00000272. The summed E-state index contributed by atoms with van der Waals surface area (Å²) < 4.78 is 26.8. The van der Waals surface area contributed by atoms with Crippen LogP contribution in [0.3, 0.4) is 0 Å². The fourth-order valence-electron chi connectivity index (χ4n) is 3.30. The van der Waals surface area contributed by atoms with Gasteiger partial charge in [0.2, 0.25) is 0 Å². The average Bonchev–Trinajstić information content (AvgIpc) is 3.57. The van der Waals surface area contributed by atoms with Crippen molar-refractivity contribution in [3.63, 3.8) is 0 Å².